The average Bonchev–Trinajstić information content (AvgIpc) is 2.89. The number of benzene rings is 1. The topological polar surface area (TPSA) is 68.0 Å². The summed E-state index contributed by atoms with van der Waals surface area (Å²) in [6, 6.07) is 6.04. The molecule has 122 valence electrons. The Morgan fingerprint density at radius 3 is 2.96 bits per heavy atom. The molecule has 2 aromatic rings. The molecule has 1 atom stereocenters. The molecule has 0 saturated carbocycles. The summed E-state index contributed by atoms with van der Waals surface area (Å²) in [6.45, 7) is 5.17. The minimum atomic E-state index is -0.0420. The first-order chi connectivity index (χ1) is 11.1. The Hall–Kier alpha value is -1.72. The molecular weight excluding hydrogens is 306 g/mol. The summed E-state index contributed by atoms with van der Waals surface area (Å²) in [6.07, 6.45) is 3.39. The molecule has 0 aliphatic heterocycles. The molecule has 0 radical (unpaired) electrons. The number of nitrogens with zero attached hydrogens (tertiary/aromatic N) is 1. The Morgan fingerprint density at radius 2 is 2.26 bits per heavy atom. The first kappa shape index (κ1) is 16.1. The lowest BCUT2D eigenvalue weighted by Gasteiger charge is -2.24. The zero-order valence-corrected chi connectivity index (χ0v) is 14.5. The number of aryl methyl sites for hydroxylation is 3. The molecule has 1 aromatic heterocycles. The van der Waals surface area contributed by atoms with Crippen LogP contribution >= 0.6 is 11.3 Å². The van der Waals surface area contributed by atoms with Crippen LogP contribution in [0.1, 0.15) is 55.8 Å². The summed E-state index contributed by atoms with van der Waals surface area (Å²) in [5.74, 6) is 0.343. The molecule has 1 heterocycles. The normalized spacial score (nSPS) is 16.9. The van der Waals surface area contributed by atoms with Gasteiger partial charge in [-0.2, -0.15) is 0 Å². The standard InChI is InChI=1S/C18H23N3OS/c1-11-12(2)23-17(21-11)10-20-18(22)14-7-6-13-4-3-5-15(9-19)16(13)8-14/h6-8,15H,3-5,9-10,19H2,1-2H3,(H,20,22). The second kappa shape index (κ2) is 6.81. The number of thiazole rings is 1. The number of rotatable bonds is 4. The van der Waals surface area contributed by atoms with Crippen molar-refractivity contribution in [3.63, 3.8) is 0 Å². The fourth-order valence-corrected chi connectivity index (χ4v) is 4.03. The molecule has 0 saturated heterocycles. The van der Waals surface area contributed by atoms with Crippen LogP contribution < -0.4 is 11.1 Å². The number of carbonyl (C=O) groups excluding carboxylic acids is 1. The highest BCUT2D eigenvalue weighted by atomic mass is 32.1. The van der Waals surface area contributed by atoms with Crippen LogP contribution in [-0.4, -0.2) is 17.4 Å². The zero-order chi connectivity index (χ0) is 16.4. The summed E-state index contributed by atoms with van der Waals surface area (Å²) in [4.78, 5) is 18.1. The second-order valence-electron chi connectivity index (χ2n) is 6.17. The molecule has 3 N–H and O–H groups in total. The number of fused-ring (bicyclic) bond motifs is 1. The highest BCUT2D eigenvalue weighted by molar-refractivity contribution is 7.11. The maximum Gasteiger partial charge on any atom is 0.251 e. The predicted octanol–water partition coefficient (Wildman–Crippen LogP) is 3.07. The van der Waals surface area contributed by atoms with Crippen LogP contribution in [0.4, 0.5) is 0 Å². The number of hydrogen-bond donors (Lipinski definition) is 2. The third-order valence-corrected chi connectivity index (χ3v) is 5.68. The predicted molar refractivity (Wildman–Crippen MR) is 93.9 cm³/mol. The molecule has 1 unspecified atom stereocenters. The van der Waals surface area contributed by atoms with Crippen LogP contribution in [-0.2, 0) is 13.0 Å². The van der Waals surface area contributed by atoms with Crippen molar-refractivity contribution in [1.29, 1.82) is 0 Å². The largest absolute Gasteiger partial charge is 0.346 e. The molecule has 1 aliphatic rings. The van der Waals surface area contributed by atoms with Crippen molar-refractivity contribution < 1.29 is 4.79 Å². The number of nitrogens with one attached hydrogen (secondary N) is 1. The summed E-state index contributed by atoms with van der Waals surface area (Å²) >= 11 is 1.64. The van der Waals surface area contributed by atoms with Gasteiger partial charge in [-0.25, -0.2) is 4.98 Å². The molecule has 0 bridgehead atoms. The van der Waals surface area contributed by atoms with Gasteiger partial charge in [0.25, 0.3) is 5.91 Å². The summed E-state index contributed by atoms with van der Waals surface area (Å²) in [5, 5.41) is 3.92. The zero-order valence-electron chi connectivity index (χ0n) is 13.7. The van der Waals surface area contributed by atoms with Crippen molar-refractivity contribution in [3.05, 3.63) is 50.5 Å². The maximum atomic E-state index is 12.4. The smallest absolute Gasteiger partial charge is 0.251 e. The number of nitrogens with two attached hydrogens (primary N) is 1. The molecular formula is C18H23N3OS. The second-order valence-corrected chi connectivity index (χ2v) is 7.46. The third kappa shape index (κ3) is 3.46. The van der Waals surface area contributed by atoms with Crippen LogP contribution in [0.15, 0.2) is 18.2 Å². The number of carbonyl (C=O) groups is 1. The highest BCUT2D eigenvalue weighted by Gasteiger charge is 2.20. The monoisotopic (exact) mass is 329 g/mol. The van der Waals surface area contributed by atoms with Crippen molar-refractivity contribution in [2.75, 3.05) is 6.54 Å². The SMILES string of the molecule is Cc1nc(CNC(=O)c2ccc3c(c2)C(CN)CCC3)sc1C. The fraction of sp³-hybridized carbons (Fsp3) is 0.444. The van der Waals surface area contributed by atoms with Crippen LogP contribution in [0, 0.1) is 13.8 Å². The number of amides is 1. The lowest BCUT2D eigenvalue weighted by atomic mass is 9.82. The molecule has 1 aromatic carbocycles. The average molecular weight is 329 g/mol. The van der Waals surface area contributed by atoms with Crippen LogP contribution in [0.5, 0.6) is 0 Å². The quantitative estimate of drug-likeness (QED) is 0.906. The summed E-state index contributed by atoms with van der Waals surface area (Å²) in [7, 11) is 0. The van der Waals surface area contributed by atoms with E-state index in [0.717, 1.165) is 23.5 Å². The van der Waals surface area contributed by atoms with Gasteiger partial charge in [0.2, 0.25) is 0 Å². The van der Waals surface area contributed by atoms with Gasteiger partial charge < -0.3 is 11.1 Å². The van der Waals surface area contributed by atoms with Crippen LogP contribution in [0.2, 0.25) is 0 Å². The van der Waals surface area contributed by atoms with Gasteiger partial charge in [-0.1, -0.05) is 6.07 Å². The van der Waals surface area contributed by atoms with E-state index < -0.39 is 0 Å². The van der Waals surface area contributed by atoms with Gasteiger partial charge >= 0.3 is 0 Å². The summed E-state index contributed by atoms with van der Waals surface area (Å²) in [5.41, 5.74) is 10.2. The van der Waals surface area contributed by atoms with E-state index >= 15 is 0 Å². The van der Waals surface area contributed by atoms with Crippen LogP contribution in [0.3, 0.4) is 0 Å². The molecule has 1 amide bonds. The van der Waals surface area contributed by atoms with Gasteiger partial charge in [-0.05, 0) is 68.8 Å². The molecule has 4 nitrogen and oxygen atoms in total. The Labute approximate surface area is 141 Å². The minimum absolute atomic E-state index is 0.0420. The Balaban J connectivity index is 1.72. The van der Waals surface area contributed by atoms with Crippen molar-refractivity contribution in [2.24, 2.45) is 5.73 Å². The van der Waals surface area contributed by atoms with Gasteiger partial charge in [-0.3, -0.25) is 4.79 Å². The van der Waals surface area contributed by atoms with E-state index in [0.29, 0.717) is 24.6 Å². The van der Waals surface area contributed by atoms with Crippen molar-refractivity contribution in [1.82, 2.24) is 10.3 Å². The van der Waals surface area contributed by atoms with E-state index in [1.54, 1.807) is 11.3 Å². The van der Waals surface area contributed by atoms with Gasteiger partial charge in [0.1, 0.15) is 5.01 Å². The van der Waals surface area contributed by atoms with E-state index in [2.05, 4.69) is 23.3 Å². The third-order valence-electron chi connectivity index (χ3n) is 4.60. The lowest BCUT2D eigenvalue weighted by Crippen LogP contribution is -2.24. The van der Waals surface area contributed by atoms with E-state index in [1.807, 2.05) is 19.1 Å². The number of aromatic nitrogens is 1. The molecule has 0 fully saturated rings. The highest BCUT2D eigenvalue weighted by Crippen LogP contribution is 2.31. The van der Waals surface area contributed by atoms with Crippen molar-refractivity contribution >= 4 is 17.2 Å². The first-order valence-corrected chi connectivity index (χ1v) is 8.94. The van der Waals surface area contributed by atoms with Gasteiger partial charge in [0, 0.05) is 10.4 Å². The van der Waals surface area contributed by atoms with E-state index in [9.17, 15) is 4.79 Å². The minimum Gasteiger partial charge on any atom is -0.346 e. The van der Waals surface area contributed by atoms with Gasteiger partial charge in [-0.15, -0.1) is 11.3 Å². The Bertz CT molecular complexity index is 704. The Kier molecular flexibility index (Phi) is 4.78. The van der Waals surface area contributed by atoms with Crippen molar-refractivity contribution in [2.45, 2.75) is 45.6 Å². The number of hydrogen-bond acceptors (Lipinski definition) is 4. The van der Waals surface area contributed by atoms with Crippen LogP contribution in [0.25, 0.3) is 0 Å². The molecule has 3 rings (SSSR count). The Morgan fingerprint density at radius 1 is 1.43 bits per heavy atom. The van der Waals surface area contributed by atoms with Gasteiger partial charge in [0.15, 0.2) is 0 Å². The molecule has 5 heteroatoms. The lowest BCUT2D eigenvalue weighted by molar-refractivity contribution is 0.0950. The molecule has 23 heavy (non-hydrogen) atoms. The molecule has 0 spiro atoms. The van der Waals surface area contributed by atoms with Crippen molar-refractivity contribution in [3.8, 4) is 0 Å². The van der Waals surface area contributed by atoms with Gasteiger partial charge in [0.05, 0.1) is 12.2 Å². The molecule has 1 aliphatic carbocycles. The van der Waals surface area contributed by atoms with E-state index in [4.69, 9.17) is 5.73 Å². The first-order valence-electron chi connectivity index (χ1n) is 8.12. The maximum absolute atomic E-state index is 12.4. The van der Waals surface area contributed by atoms with E-state index in [-0.39, 0.29) is 5.91 Å². The fourth-order valence-electron chi connectivity index (χ4n) is 3.16. The summed E-state index contributed by atoms with van der Waals surface area (Å²) < 4.78 is 0. The van der Waals surface area contributed by atoms with E-state index in [1.165, 1.54) is 22.4 Å².